The minimum atomic E-state index is 0.202. The van der Waals surface area contributed by atoms with Gasteiger partial charge in [-0.1, -0.05) is 55.8 Å². The van der Waals surface area contributed by atoms with Crippen molar-refractivity contribution in [3.8, 4) is 5.75 Å². The molecule has 2 aromatic carbocycles. The van der Waals surface area contributed by atoms with E-state index in [1.54, 1.807) is 7.11 Å². The summed E-state index contributed by atoms with van der Waals surface area (Å²) in [5.74, 6) is 2.38. The topological polar surface area (TPSA) is 61.8 Å². The lowest BCUT2D eigenvalue weighted by Gasteiger charge is -2.37. The standard InChI is InChI=1S/C28H37N5O2S/c1-21(2)20-33(28-29-26(30-36-28)19-23-11-9-22(3)10-12-23)14-13-27(34)32-17-15-31(16-18-32)24-7-5-6-8-25(24)35-4/h5-12,21H,13-20H2,1-4H3. The molecule has 1 aliphatic heterocycles. The Morgan fingerprint density at radius 3 is 2.50 bits per heavy atom. The van der Waals surface area contributed by atoms with E-state index in [0.29, 0.717) is 18.9 Å². The van der Waals surface area contributed by atoms with Crippen molar-refractivity contribution in [2.75, 3.05) is 56.2 Å². The molecule has 192 valence electrons. The Morgan fingerprint density at radius 1 is 1.08 bits per heavy atom. The van der Waals surface area contributed by atoms with Gasteiger partial charge in [0.05, 0.1) is 12.8 Å². The first-order chi connectivity index (χ1) is 17.4. The van der Waals surface area contributed by atoms with E-state index in [2.05, 4.69) is 65.3 Å². The molecule has 8 heteroatoms. The zero-order valence-electron chi connectivity index (χ0n) is 21.8. The normalized spacial score (nSPS) is 13.8. The van der Waals surface area contributed by atoms with Crippen LogP contribution in [0.5, 0.6) is 5.75 Å². The molecule has 0 atom stereocenters. The Bertz CT molecular complexity index is 1120. The number of hydrogen-bond acceptors (Lipinski definition) is 7. The summed E-state index contributed by atoms with van der Waals surface area (Å²) in [4.78, 5) is 24.4. The van der Waals surface area contributed by atoms with E-state index in [0.717, 1.165) is 61.5 Å². The van der Waals surface area contributed by atoms with Crippen LogP contribution < -0.4 is 14.5 Å². The van der Waals surface area contributed by atoms with Gasteiger partial charge < -0.3 is 19.4 Å². The fraction of sp³-hybridized carbons (Fsp3) is 0.464. The molecule has 0 N–H and O–H groups in total. The highest BCUT2D eigenvalue weighted by molar-refractivity contribution is 7.09. The maximum atomic E-state index is 13.1. The summed E-state index contributed by atoms with van der Waals surface area (Å²) in [5, 5.41) is 0.902. The number of hydrogen-bond donors (Lipinski definition) is 0. The zero-order chi connectivity index (χ0) is 25.5. The van der Waals surface area contributed by atoms with E-state index < -0.39 is 0 Å². The Balaban J connectivity index is 1.32. The lowest BCUT2D eigenvalue weighted by Crippen LogP contribution is -2.49. The van der Waals surface area contributed by atoms with Gasteiger partial charge in [0.1, 0.15) is 11.6 Å². The fourth-order valence-corrected chi connectivity index (χ4v) is 5.24. The maximum absolute atomic E-state index is 13.1. The number of nitrogens with zero attached hydrogens (tertiary/aromatic N) is 5. The molecule has 4 rings (SSSR count). The lowest BCUT2D eigenvalue weighted by atomic mass is 10.1. The van der Waals surface area contributed by atoms with Crippen molar-refractivity contribution in [3.05, 3.63) is 65.5 Å². The second-order valence-electron chi connectivity index (χ2n) is 9.79. The van der Waals surface area contributed by atoms with E-state index in [9.17, 15) is 4.79 Å². The Hall–Kier alpha value is -3.13. The van der Waals surface area contributed by atoms with Gasteiger partial charge in [-0.05, 0) is 30.5 Å². The number of rotatable bonds is 10. The number of carbonyl (C=O) groups is 1. The van der Waals surface area contributed by atoms with Gasteiger partial charge in [0, 0.05) is 63.6 Å². The zero-order valence-corrected chi connectivity index (χ0v) is 22.6. The van der Waals surface area contributed by atoms with E-state index in [1.165, 1.54) is 22.7 Å². The Morgan fingerprint density at radius 2 is 1.81 bits per heavy atom. The van der Waals surface area contributed by atoms with Crippen LogP contribution in [-0.2, 0) is 11.2 Å². The number of amides is 1. The molecule has 1 saturated heterocycles. The first kappa shape index (κ1) is 25.9. The smallest absolute Gasteiger partial charge is 0.224 e. The highest BCUT2D eigenvalue weighted by atomic mass is 32.1. The summed E-state index contributed by atoms with van der Waals surface area (Å²) < 4.78 is 10.1. The SMILES string of the molecule is COc1ccccc1N1CCN(C(=O)CCN(CC(C)C)c2nc(Cc3ccc(C)cc3)ns2)CC1. The van der Waals surface area contributed by atoms with Crippen LogP contribution in [0.2, 0.25) is 0 Å². The second-order valence-corrected chi connectivity index (χ2v) is 10.5. The van der Waals surface area contributed by atoms with E-state index in [-0.39, 0.29) is 5.91 Å². The molecule has 0 aliphatic carbocycles. The third kappa shape index (κ3) is 6.75. The number of anilines is 2. The van der Waals surface area contributed by atoms with Crippen molar-refractivity contribution in [2.45, 2.75) is 33.6 Å². The monoisotopic (exact) mass is 507 g/mol. The molecule has 1 fully saturated rings. The van der Waals surface area contributed by atoms with Crippen LogP contribution in [0.15, 0.2) is 48.5 Å². The van der Waals surface area contributed by atoms with Gasteiger partial charge in [0.15, 0.2) is 0 Å². The highest BCUT2D eigenvalue weighted by Crippen LogP contribution is 2.28. The molecule has 0 bridgehead atoms. The van der Waals surface area contributed by atoms with Crippen LogP contribution in [-0.4, -0.2) is 66.5 Å². The van der Waals surface area contributed by atoms with Gasteiger partial charge in [-0.25, -0.2) is 4.98 Å². The van der Waals surface area contributed by atoms with Gasteiger partial charge in [0.25, 0.3) is 0 Å². The molecule has 2 heterocycles. The third-order valence-electron chi connectivity index (χ3n) is 6.45. The summed E-state index contributed by atoms with van der Waals surface area (Å²) in [6, 6.07) is 16.6. The fourth-order valence-electron chi connectivity index (χ4n) is 4.52. The van der Waals surface area contributed by atoms with E-state index in [1.807, 2.05) is 23.1 Å². The van der Waals surface area contributed by atoms with Crippen LogP contribution in [0.3, 0.4) is 0 Å². The van der Waals surface area contributed by atoms with Crippen LogP contribution in [0.4, 0.5) is 10.8 Å². The molecule has 1 aliphatic rings. The van der Waals surface area contributed by atoms with Crippen LogP contribution >= 0.6 is 11.5 Å². The summed E-state index contributed by atoms with van der Waals surface area (Å²) >= 11 is 1.43. The number of methoxy groups -OCH3 is 1. The van der Waals surface area contributed by atoms with Gasteiger partial charge in [-0.2, -0.15) is 4.37 Å². The van der Waals surface area contributed by atoms with Crippen LogP contribution in [0, 0.1) is 12.8 Å². The average molecular weight is 508 g/mol. The summed E-state index contributed by atoms with van der Waals surface area (Å²) in [5.41, 5.74) is 3.55. The van der Waals surface area contributed by atoms with Gasteiger partial charge in [-0.15, -0.1) is 0 Å². The molecule has 0 unspecified atom stereocenters. The number of benzene rings is 2. The first-order valence-electron chi connectivity index (χ1n) is 12.7. The molecule has 36 heavy (non-hydrogen) atoms. The summed E-state index contributed by atoms with van der Waals surface area (Å²) in [6.45, 7) is 11.0. The van der Waals surface area contributed by atoms with Crippen molar-refractivity contribution >= 4 is 28.3 Å². The molecule has 0 radical (unpaired) electrons. The molecular weight excluding hydrogens is 470 g/mol. The number of aryl methyl sites for hydroxylation is 1. The third-order valence-corrected chi connectivity index (χ3v) is 7.26. The highest BCUT2D eigenvalue weighted by Gasteiger charge is 2.24. The number of piperazine rings is 1. The van der Waals surface area contributed by atoms with Crippen LogP contribution in [0.25, 0.3) is 0 Å². The summed E-state index contributed by atoms with van der Waals surface area (Å²) in [6.07, 6.45) is 1.20. The van der Waals surface area contributed by atoms with Crippen molar-refractivity contribution in [1.29, 1.82) is 0 Å². The van der Waals surface area contributed by atoms with E-state index >= 15 is 0 Å². The predicted octanol–water partition coefficient (Wildman–Crippen LogP) is 4.65. The molecule has 1 amide bonds. The molecule has 3 aromatic rings. The van der Waals surface area contributed by atoms with Gasteiger partial charge in [0.2, 0.25) is 11.0 Å². The maximum Gasteiger partial charge on any atom is 0.224 e. The van der Waals surface area contributed by atoms with E-state index in [4.69, 9.17) is 9.72 Å². The Kier molecular flexibility index (Phi) is 8.80. The van der Waals surface area contributed by atoms with Crippen molar-refractivity contribution < 1.29 is 9.53 Å². The average Bonchev–Trinajstić information content (AvgIpc) is 3.36. The quantitative estimate of drug-likeness (QED) is 0.398. The first-order valence-corrected chi connectivity index (χ1v) is 13.5. The minimum absolute atomic E-state index is 0.202. The molecule has 0 spiro atoms. The van der Waals surface area contributed by atoms with Crippen molar-refractivity contribution in [3.63, 3.8) is 0 Å². The van der Waals surface area contributed by atoms with Gasteiger partial charge in [-0.3, -0.25) is 4.79 Å². The number of aromatic nitrogens is 2. The largest absolute Gasteiger partial charge is 0.495 e. The van der Waals surface area contributed by atoms with Crippen molar-refractivity contribution in [2.24, 2.45) is 5.92 Å². The van der Waals surface area contributed by atoms with Gasteiger partial charge >= 0.3 is 0 Å². The molecule has 1 aromatic heterocycles. The minimum Gasteiger partial charge on any atom is -0.495 e. The second kappa shape index (κ2) is 12.2. The molecular formula is C28H37N5O2S. The Labute approximate surface area is 218 Å². The number of para-hydroxylation sites is 2. The molecule has 0 saturated carbocycles. The number of ether oxygens (including phenoxy) is 1. The molecule has 7 nitrogen and oxygen atoms in total. The van der Waals surface area contributed by atoms with Crippen LogP contribution in [0.1, 0.15) is 37.2 Å². The lowest BCUT2D eigenvalue weighted by molar-refractivity contribution is -0.131. The predicted molar refractivity (Wildman–Crippen MR) is 147 cm³/mol. The summed E-state index contributed by atoms with van der Waals surface area (Å²) in [7, 11) is 1.70. The number of carbonyl (C=O) groups excluding carboxylic acids is 1. The van der Waals surface area contributed by atoms with Crippen molar-refractivity contribution in [1.82, 2.24) is 14.3 Å².